The molecule has 0 saturated heterocycles. The van der Waals surface area contributed by atoms with Crippen LogP contribution in [0.2, 0.25) is 0 Å². The summed E-state index contributed by atoms with van der Waals surface area (Å²) in [5.74, 6) is -0.513. The SMILES string of the molecule is Cc1ccnc(Nc2ncc(Sc3ccnc(C(=O)NCC(c4ccccc4)N(C)C)c3F)s2)c1. The molecular formula is C25H25FN6OS2. The van der Waals surface area contributed by atoms with Gasteiger partial charge in [0.05, 0.1) is 21.3 Å². The van der Waals surface area contributed by atoms with Crippen LogP contribution >= 0.6 is 23.1 Å². The number of rotatable bonds is 9. The molecule has 0 fully saturated rings. The van der Waals surface area contributed by atoms with Gasteiger partial charge < -0.3 is 15.5 Å². The van der Waals surface area contributed by atoms with Gasteiger partial charge in [0.2, 0.25) is 0 Å². The van der Waals surface area contributed by atoms with Gasteiger partial charge in [-0.25, -0.2) is 19.3 Å². The monoisotopic (exact) mass is 508 g/mol. The first-order valence-corrected chi connectivity index (χ1v) is 12.5. The molecule has 3 aromatic heterocycles. The third kappa shape index (κ3) is 6.41. The second kappa shape index (κ2) is 11.4. The summed E-state index contributed by atoms with van der Waals surface area (Å²) in [6.45, 7) is 2.31. The highest BCUT2D eigenvalue weighted by Gasteiger charge is 2.21. The number of hydrogen-bond donors (Lipinski definition) is 2. The molecule has 10 heteroatoms. The Labute approximate surface area is 211 Å². The molecule has 180 valence electrons. The first-order valence-electron chi connectivity index (χ1n) is 10.9. The molecule has 4 aromatic rings. The lowest BCUT2D eigenvalue weighted by atomic mass is 10.1. The van der Waals surface area contributed by atoms with E-state index in [1.807, 2.05) is 68.4 Å². The van der Waals surface area contributed by atoms with E-state index in [-0.39, 0.29) is 11.7 Å². The van der Waals surface area contributed by atoms with E-state index in [4.69, 9.17) is 0 Å². The Hall–Kier alpha value is -3.34. The second-order valence-corrected chi connectivity index (χ2v) is 10.4. The fourth-order valence-electron chi connectivity index (χ4n) is 3.40. The zero-order valence-corrected chi connectivity index (χ0v) is 21.2. The molecule has 1 amide bonds. The van der Waals surface area contributed by atoms with Gasteiger partial charge in [-0.3, -0.25) is 4.79 Å². The van der Waals surface area contributed by atoms with Crippen LogP contribution in [0.25, 0.3) is 0 Å². The fourth-order valence-corrected chi connectivity index (χ4v) is 5.26. The van der Waals surface area contributed by atoms with Gasteiger partial charge in [0.1, 0.15) is 5.82 Å². The molecule has 1 unspecified atom stereocenters. The summed E-state index contributed by atoms with van der Waals surface area (Å²) in [4.78, 5) is 27.7. The lowest BCUT2D eigenvalue weighted by Crippen LogP contribution is -2.35. The maximum absolute atomic E-state index is 15.2. The van der Waals surface area contributed by atoms with Crippen molar-refractivity contribution in [2.75, 3.05) is 26.0 Å². The Bertz CT molecular complexity index is 1300. The maximum Gasteiger partial charge on any atom is 0.273 e. The minimum atomic E-state index is -0.653. The Morgan fingerprint density at radius 3 is 2.63 bits per heavy atom. The number of pyridine rings is 2. The standard InChI is InChI=1S/C25H25FN6OS2/c1-16-9-11-27-20(13-16)31-25-30-15-21(35-25)34-19-10-12-28-23(22(19)26)24(33)29-14-18(32(2)3)17-7-5-4-6-8-17/h4-13,15,18H,14H2,1-3H3,(H,29,33)(H,27,30,31). The van der Waals surface area contributed by atoms with Crippen LogP contribution in [0.5, 0.6) is 0 Å². The molecule has 3 heterocycles. The van der Waals surface area contributed by atoms with Gasteiger partial charge in [-0.1, -0.05) is 53.4 Å². The van der Waals surface area contributed by atoms with Crippen molar-refractivity contribution in [1.82, 2.24) is 25.2 Å². The molecule has 4 rings (SSSR count). The summed E-state index contributed by atoms with van der Waals surface area (Å²) < 4.78 is 16.0. The molecule has 35 heavy (non-hydrogen) atoms. The van der Waals surface area contributed by atoms with Crippen molar-refractivity contribution in [2.45, 2.75) is 22.1 Å². The molecular weight excluding hydrogens is 483 g/mol. The number of amides is 1. The minimum absolute atomic E-state index is 0.0493. The van der Waals surface area contributed by atoms with Crippen molar-refractivity contribution in [2.24, 2.45) is 0 Å². The smallest absolute Gasteiger partial charge is 0.273 e. The average Bonchev–Trinajstić information content (AvgIpc) is 3.27. The maximum atomic E-state index is 15.2. The molecule has 0 aliphatic carbocycles. The lowest BCUT2D eigenvalue weighted by Gasteiger charge is -2.25. The highest BCUT2D eigenvalue weighted by atomic mass is 32.2. The molecule has 0 bridgehead atoms. The fraction of sp³-hybridized carbons (Fsp3) is 0.200. The Kier molecular flexibility index (Phi) is 8.06. The third-order valence-electron chi connectivity index (χ3n) is 5.18. The van der Waals surface area contributed by atoms with Crippen LogP contribution < -0.4 is 10.6 Å². The summed E-state index contributed by atoms with van der Waals surface area (Å²) in [7, 11) is 3.88. The van der Waals surface area contributed by atoms with Crippen molar-refractivity contribution in [3.8, 4) is 0 Å². The molecule has 1 aromatic carbocycles. The van der Waals surface area contributed by atoms with Crippen LogP contribution in [0, 0.1) is 12.7 Å². The van der Waals surface area contributed by atoms with E-state index >= 15 is 4.39 Å². The highest BCUT2D eigenvalue weighted by Crippen LogP contribution is 2.36. The molecule has 1 atom stereocenters. The van der Waals surface area contributed by atoms with Crippen molar-refractivity contribution in [3.63, 3.8) is 0 Å². The highest BCUT2D eigenvalue weighted by molar-refractivity contribution is 8.01. The van der Waals surface area contributed by atoms with Gasteiger partial charge in [-0.2, -0.15) is 0 Å². The van der Waals surface area contributed by atoms with E-state index in [2.05, 4.69) is 25.6 Å². The van der Waals surface area contributed by atoms with E-state index < -0.39 is 11.7 Å². The van der Waals surface area contributed by atoms with Gasteiger partial charge in [0, 0.05) is 18.9 Å². The normalized spacial score (nSPS) is 11.9. The Balaban J connectivity index is 1.43. The van der Waals surface area contributed by atoms with Crippen LogP contribution in [-0.2, 0) is 0 Å². The number of nitrogens with one attached hydrogen (secondary N) is 2. The van der Waals surface area contributed by atoms with Crippen LogP contribution in [0.4, 0.5) is 15.3 Å². The number of anilines is 2. The van der Waals surface area contributed by atoms with Gasteiger partial charge in [-0.05, 0) is 50.3 Å². The van der Waals surface area contributed by atoms with E-state index in [9.17, 15) is 4.79 Å². The number of halogens is 1. The molecule has 0 aliphatic rings. The van der Waals surface area contributed by atoms with Crippen molar-refractivity contribution < 1.29 is 9.18 Å². The predicted molar refractivity (Wildman–Crippen MR) is 138 cm³/mol. The topological polar surface area (TPSA) is 83.0 Å². The number of likely N-dealkylation sites (N-methyl/N-ethyl adjacent to an activating group) is 1. The molecule has 0 aliphatic heterocycles. The van der Waals surface area contributed by atoms with Gasteiger partial charge in [-0.15, -0.1) is 0 Å². The van der Waals surface area contributed by atoms with Crippen LogP contribution in [0.1, 0.15) is 27.7 Å². The van der Waals surface area contributed by atoms with Crippen LogP contribution in [-0.4, -0.2) is 46.4 Å². The molecule has 0 saturated carbocycles. The van der Waals surface area contributed by atoms with Crippen molar-refractivity contribution in [3.05, 3.63) is 89.8 Å². The number of carbonyl (C=O) groups is 1. The predicted octanol–water partition coefficient (Wildman–Crippen LogP) is 5.31. The van der Waals surface area contributed by atoms with E-state index in [1.54, 1.807) is 18.5 Å². The van der Waals surface area contributed by atoms with Crippen LogP contribution in [0.3, 0.4) is 0 Å². The summed E-state index contributed by atoms with van der Waals surface area (Å²) in [5, 5.41) is 6.63. The van der Waals surface area contributed by atoms with E-state index in [0.717, 1.165) is 15.3 Å². The van der Waals surface area contributed by atoms with E-state index in [1.165, 1.54) is 29.3 Å². The Morgan fingerprint density at radius 1 is 1.11 bits per heavy atom. The number of carbonyl (C=O) groups excluding carboxylic acids is 1. The number of nitrogens with zero attached hydrogens (tertiary/aromatic N) is 4. The van der Waals surface area contributed by atoms with Gasteiger partial charge in [0.25, 0.3) is 5.91 Å². The molecule has 0 spiro atoms. The molecule has 2 N–H and O–H groups in total. The number of thiazole rings is 1. The molecule has 0 radical (unpaired) electrons. The van der Waals surface area contributed by atoms with Crippen LogP contribution in [0.15, 0.2) is 76.2 Å². The number of hydrogen-bond acceptors (Lipinski definition) is 8. The first-order chi connectivity index (χ1) is 16.9. The Morgan fingerprint density at radius 2 is 1.89 bits per heavy atom. The summed E-state index contributed by atoms with van der Waals surface area (Å²) in [6, 6.07) is 15.2. The van der Waals surface area contributed by atoms with Crippen molar-refractivity contribution >= 4 is 40.0 Å². The number of aromatic nitrogens is 3. The molecule has 7 nitrogen and oxygen atoms in total. The summed E-state index contributed by atoms with van der Waals surface area (Å²) >= 11 is 2.57. The average molecular weight is 509 g/mol. The lowest BCUT2D eigenvalue weighted by molar-refractivity contribution is 0.0931. The largest absolute Gasteiger partial charge is 0.349 e. The zero-order valence-electron chi connectivity index (χ0n) is 19.5. The number of aryl methyl sites for hydroxylation is 1. The van der Waals surface area contributed by atoms with Crippen molar-refractivity contribution in [1.29, 1.82) is 0 Å². The quantitative estimate of drug-likeness (QED) is 0.317. The van der Waals surface area contributed by atoms with Gasteiger partial charge >= 0.3 is 0 Å². The zero-order chi connectivity index (χ0) is 24.8. The van der Waals surface area contributed by atoms with Gasteiger partial charge in [0.15, 0.2) is 16.6 Å². The third-order valence-corrected chi connectivity index (χ3v) is 7.23. The summed E-state index contributed by atoms with van der Waals surface area (Å²) in [6.07, 6.45) is 4.83. The first kappa shape index (κ1) is 24.8. The second-order valence-electron chi connectivity index (χ2n) is 8.00. The summed E-state index contributed by atoms with van der Waals surface area (Å²) in [5.41, 5.74) is 1.91. The number of benzene rings is 1. The van der Waals surface area contributed by atoms with E-state index in [0.29, 0.717) is 22.4 Å². The minimum Gasteiger partial charge on any atom is -0.349 e.